The molecule has 0 aliphatic heterocycles. The molecule has 0 bridgehead atoms. The third-order valence-corrected chi connectivity index (χ3v) is 4.35. The summed E-state index contributed by atoms with van der Waals surface area (Å²) in [6, 6.07) is 7.63. The Morgan fingerprint density at radius 2 is 2.19 bits per heavy atom. The van der Waals surface area contributed by atoms with Crippen LogP contribution in [-0.4, -0.2) is 19.6 Å². The van der Waals surface area contributed by atoms with E-state index >= 15 is 0 Å². The Morgan fingerprint density at radius 1 is 1.27 bits per heavy atom. The molecule has 26 heavy (non-hydrogen) atoms. The fourth-order valence-corrected chi connectivity index (χ4v) is 3.06. The molecule has 0 saturated carbocycles. The van der Waals surface area contributed by atoms with Crippen molar-refractivity contribution < 1.29 is 13.8 Å². The van der Waals surface area contributed by atoms with Crippen LogP contribution in [0.15, 0.2) is 58.1 Å². The molecule has 0 N–H and O–H groups in total. The van der Waals surface area contributed by atoms with Crippen molar-refractivity contribution in [1.29, 1.82) is 0 Å². The topological polar surface area (TPSA) is 96.3 Å². The molecule has 0 atom stereocenters. The third kappa shape index (κ3) is 2.08. The van der Waals surface area contributed by atoms with Gasteiger partial charge in [0.05, 0.1) is 23.8 Å². The predicted octanol–water partition coefficient (Wildman–Crippen LogP) is 2.99. The highest BCUT2D eigenvalue weighted by atomic mass is 16.5. The minimum absolute atomic E-state index is 0.347. The van der Waals surface area contributed by atoms with E-state index in [0.29, 0.717) is 33.2 Å². The van der Waals surface area contributed by atoms with Crippen LogP contribution in [0.1, 0.15) is 12.6 Å². The van der Waals surface area contributed by atoms with Crippen molar-refractivity contribution in [2.75, 3.05) is 0 Å². The lowest BCUT2D eigenvalue weighted by atomic mass is 10.1. The van der Waals surface area contributed by atoms with Crippen molar-refractivity contribution in [2.24, 2.45) is 0 Å². The SMILES string of the molecule is CCc1noc2cc(-c3ccn4c(n3)c(-c3ncco3)c[n+]4[O-])ccc12. The average molecular weight is 347 g/mol. The van der Waals surface area contributed by atoms with Crippen LogP contribution >= 0.6 is 0 Å². The zero-order chi connectivity index (χ0) is 17.7. The van der Waals surface area contributed by atoms with Crippen molar-refractivity contribution in [3.63, 3.8) is 0 Å². The normalized spacial score (nSPS) is 11.6. The van der Waals surface area contributed by atoms with Crippen molar-refractivity contribution in [1.82, 2.24) is 19.6 Å². The molecule has 5 rings (SSSR count). The van der Waals surface area contributed by atoms with E-state index in [-0.39, 0.29) is 0 Å². The smallest absolute Gasteiger partial charge is 0.236 e. The molecule has 5 aromatic rings. The van der Waals surface area contributed by atoms with E-state index in [0.717, 1.165) is 23.1 Å². The molecule has 0 unspecified atom stereocenters. The molecule has 0 spiro atoms. The molecule has 8 nitrogen and oxygen atoms in total. The van der Waals surface area contributed by atoms with Crippen LogP contribution < -0.4 is 4.85 Å². The summed E-state index contributed by atoms with van der Waals surface area (Å²) in [5.41, 5.74) is 4.22. The second-order valence-electron chi connectivity index (χ2n) is 5.86. The largest absolute Gasteiger partial charge is 0.596 e. The molecule has 8 heteroatoms. The van der Waals surface area contributed by atoms with Gasteiger partial charge in [-0.2, -0.15) is 0 Å². The van der Waals surface area contributed by atoms with Crippen LogP contribution in [0.4, 0.5) is 0 Å². The minimum Gasteiger partial charge on any atom is -0.596 e. The van der Waals surface area contributed by atoms with Gasteiger partial charge in [0, 0.05) is 10.9 Å². The number of hydrogen-bond donors (Lipinski definition) is 0. The van der Waals surface area contributed by atoms with Crippen LogP contribution in [0.5, 0.6) is 0 Å². The Bertz CT molecular complexity index is 1240. The second kappa shape index (κ2) is 5.41. The maximum Gasteiger partial charge on any atom is 0.236 e. The molecular weight excluding hydrogens is 334 g/mol. The predicted molar refractivity (Wildman–Crippen MR) is 92.0 cm³/mol. The van der Waals surface area contributed by atoms with Crippen LogP contribution in [0.2, 0.25) is 0 Å². The van der Waals surface area contributed by atoms with E-state index in [4.69, 9.17) is 8.94 Å². The maximum atomic E-state index is 12.1. The first kappa shape index (κ1) is 14.6. The van der Waals surface area contributed by atoms with Gasteiger partial charge >= 0.3 is 0 Å². The number of oxazole rings is 1. The monoisotopic (exact) mass is 347 g/mol. The lowest BCUT2D eigenvalue weighted by Crippen LogP contribution is -2.31. The molecule has 128 valence electrons. The third-order valence-electron chi connectivity index (χ3n) is 4.35. The Kier molecular flexibility index (Phi) is 3.05. The molecule has 4 heterocycles. The highest BCUT2D eigenvalue weighted by Crippen LogP contribution is 2.27. The molecule has 0 fully saturated rings. The van der Waals surface area contributed by atoms with E-state index in [1.807, 2.05) is 25.1 Å². The lowest BCUT2D eigenvalue weighted by molar-refractivity contribution is -0.676. The summed E-state index contributed by atoms with van der Waals surface area (Å²) in [6.07, 6.45) is 6.86. The fraction of sp³-hybridized carbons (Fsp3) is 0.111. The number of nitrogens with zero attached hydrogens (tertiary/aromatic N) is 5. The number of aryl methyl sites for hydroxylation is 1. The van der Waals surface area contributed by atoms with Gasteiger partial charge in [-0.05, 0) is 24.6 Å². The number of fused-ring (bicyclic) bond motifs is 2. The van der Waals surface area contributed by atoms with E-state index in [2.05, 4.69) is 15.1 Å². The lowest BCUT2D eigenvalue weighted by Gasteiger charge is -2.02. The zero-order valence-electron chi connectivity index (χ0n) is 13.8. The Hall–Kier alpha value is -3.68. The van der Waals surface area contributed by atoms with Gasteiger partial charge in [0.2, 0.25) is 17.7 Å². The van der Waals surface area contributed by atoms with Crippen molar-refractivity contribution in [3.05, 3.63) is 60.0 Å². The van der Waals surface area contributed by atoms with Gasteiger partial charge in [0.15, 0.2) is 11.1 Å². The van der Waals surface area contributed by atoms with Crippen LogP contribution in [-0.2, 0) is 6.42 Å². The molecule has 1 aromatic carbocycles. The summed E-state index contributed by atoms with van der Waals surface area (Å²) in [4.78, 5) is 9.44. The van der Waals surface area contributed by atoms with Gasteiger partial charge in [0.25, 0.3) is 0 Å². The van der Waals surface area contributed by atoms with Crippen molar-refractivity contribution in [3.8, 4) is 22.7 Å². The van der Waals surface area contributed by atoms with Gasteiger partial charge in [-0.25, -0.2) is 9.97 Å². The molecular formula is C18H13N5O3. The van der Waals surface area contributed by atoms with E-state index < -0.39 is 0 Å². The Morgan fingerprint density at radius 3 is 3.00 bits per heavy atom. The molecule has 0 aliphatic rings. The molecule has 0 aliphatic carbocycles. The number of aromatic nitrogens is 5. The number of hydrogen-bond acceptors (Lipinski definition) is 6. The van der Waals surface area contributed by atoms with Gasteiger partial charge in [-0.3, -0.25) is 0 Å². The second-order valence-corrected chi connectivity index (χ2v) is 5.86. The molecule has 4 aromatic heterocycles. The van der Waals surface area contributed by atoms with E-state index in [1.165, 1.54) is 23.2 Å². The Labute approximate surface area is 146 Å². The molecule has 0 radical (unpaired) electrons. The number of benzene rings is 1. The summed E-state index contributed by atoms with van der Waals surface area (Å²) in [5, 5.41) is 17.2. The zero-order valence-corrected chi connectivity index (χ0v) is 13.8. The quantitative estimate of drug-likeness (QED) is 0.368. The first-order chi connectivity index (χ1) is 12.7. The van der Waals surface area contributed by atoms with Crippen LogP contribution in [0, 0.1) is 5.21 Å². The van der Waals surface area contributed by atoms with Crippen molar-refractivity contribution >= 4 is 16.6 Å². The Balaban J connectivity index is 1.69. The van der Waals surface area contributed by atoms with Gasteiger partial charge in [-0.15, -0.1) is 0 Å². The first-order valence-corrected chi connectivity index (χ1v) is 8.14. The summed E-state index contributed by atoms with van der Waals surface area (Å²) in [5.74, 6) is 0.347. The standard InChI is InChI=1S/C18H13N5O3/c1-2-14-12-4-3-11(9-16(12)26-21-14)15-5-7-22-17(20-15)13(10-23(22)24)18-19-6-8-25-18/h3-10H,2H2,1H3. The average Bonchev–Trinajstić information content (AvgIpc) is 3.39. The maximum absolute atomic E-state index is 12.1. The highest BCUT2D eigenvalue weighted by molar-refractivity contribution is 5.84. The highest BCUT2D eigenvalue weighted by Gasteiger charge is 2.19. The summed E-state index contributed by atoms with van der Waals surface area (Å²) in [7, 11) is 0. The summed E-state index contributed by atoms with van der Waals surface area (Å²) < 4.78 is 12.1. The van der Waals surface area contributed by atoms with Crippen LogP contribution in [0.3, 0.4) is 0 Å². The van der Waals surface area contributed by atoms with E-state index in [1.54, 1.807) is 12.3 Å². The van der Waals surface area contributed by atoms with Crippen molar-refractivity contribution in [2.45, 2.75) is 13.3 Å². The van der Waals surface area contributed by atoms with E-state index in [9.17, 15) is 5.21 Å². The van der Waals surface area contributed by atoms with Gasteiger partial charge < -0.3 is 14.1 Å². The molecule has 0 amide bonds. The van der Waals surface area contributed by atoms with Crippen LogP contribution in [0.25, 0.3) is 39.3 Å². The first-order valence-electron chi connectivity index (χ1n) is 8.14. The summed E-state index contributed by atoms with van der Waals surface area (Å²) in [6.45, 7) is 2.04. The molecule has 0 saturated heterocycles. The van der Waals surface area contributed by atoms with Gasteiger partial charge in [-0.1, -0.05) is 27.5 Å². The van der Waals surface area contributed by atoms with Gasteiger partial charge in [0.1, 0.15) is 6.26 Å². The summed E-state index contributed by atoms with van der Waals surface area (Å²) >= 11 is 0. The minimum atomic E-state index is 0.347. The number of rotatable bonds is 3. The fourth-order valence-electron chi connectivity index (χ4n) is 3.06.